The molecule has 3 rings (SSSR count). The molecule has 0 atom stereocenters. The van der Waals surface area contributed by atoms with Crippen LogP contribution in [0.5, 0.6) is 0 Å². The molecular formula is C20H24FIN4O2. The summed E-state index contributed by atoms with van der Waals surface area (Å²) in [6.45, 7) is 3.37. The van der Waals surface area contributed by atoms with Crippen molar-refractivity contribution in [1.29, 1.82) is 0 Å². The smallest absolute Gasteiger partial charge is 0.274 e. The fraction of sp³-hybridized carbons (Fsp3) is 0.350. The molecule has 0 heterocycles. The number of para-hydroxylation sites is 1. The van der Waals surface area contributed by atoms with Gasteiger partial charge in [-0.05, 0) is 31.4 Å². The van der Waals surface area contributed by atoms with Crippen molar-refractivity contribution < 1.29 is 9.31 Å². The highest BCUT2D eigenvalue weighted by Gasteiger charge is 2.45. The first-order valence-electron chi connectivity index (χ1n) is 9.05. The molecule has 0 aromatic heterocycles. The molecule has 150 valence electrons. The van der Waals surface area contributed by atoms with Gasteiger partial charge in [0.25, 0.3) is 5.69 Å². The van der Waals surface area contributed by atoms with Gasteiger partial charge in [0.05, 0.1) is 17.0 Å². The Morgan fingerprint density at radius 2 is 1.86 bits per heavy atom. The summed E-state index contributed by atoms with van der Waals surface area (Å²) >= 11 is 0. The number of benzene rings is 2. The second kappa shape index (κ2) is 9.81. The van der Waals surface area contributed by atoms with E-state index in [2.05, 4.69) is 15.6 Å². The van der Waals surface area contributed by atoms with E-state index in [4.69, 9.17) is 0 Å². The van der Waals surface area contributed by atoms with E-state index in [1.54, 1.807) is 24.3 Å². The average Bonchev–Trinajstić information content (AvgIpc) is 3.45. The van der Waals surface area contributed by atoms with E-state index in [-0.39, 0.29) is 47.4 Å². The Hall–Kier alpha value is -2.23. The van der Waals surface area contributed by atoms with Crippen LogP contribution in [0.2, 0.25) is 0 Å². The van der Waals surface area contributed by atoms with E-state index in [1.165, 1.54) is 12.1 Å². The number of nitrogens with one attached hydrogen (secondary N) is 2. The zero-order valence-electron chi connectivity index (χ0n) is 15.7. The van der Waals surface area contributed by atoms with Gasteiger partial charge in [0.15, 0.2) is 5.96 Å². The Balaban J connectivity index is 0.00000280. The highest BCUT2D eigenvalue weighted by molar-refractivity contribution is 14.0. The summed E-state index contributed by atoms with van der Waals surface area (Å²) in [4.78, 5) is 15.2. The molecule has 1 aliphatic carbocycles. The maximum atomic E-state index is 14.1. The lowest BCUT2D eigenvalue weighted by atomic mass is 9.95. The first-order valence-corrected chi connectivity index (χ1v) is 9.05. The van der Waals surface area contributed by atoms with Crippen LogP contribution in [0.3, 0.4) is 0 Å². The van der Waals surface area contributed by atoms with Crippen LogP contribution in [0.25, 0.3) is 0 Å². The minimum Gasteiger partial charge on any atom is -0.357 e. The summed E-state index contributed by atoms with van der Waals surface area (Å²) in [6, 6.07) is 13.4. The number of halogens is 2. The molecule has 0 unspecified atom stereocenters. The Morgan fingerprint density at radius 3 is 2.50 bits per heavy atom. The van der Waals surface area contributed by atoms with Gasteiger partial charge in [0.2, 0.25) is 0 Å². The second-order valence-electron chi connectivity index (χ2n) is 6.69. The Bertz CT molecular complexity index is 856. The molecule has 2 aromatic rings. The molecule has 0 radical (unpaired) electrons. The van der Waals surface area contributed by atoms with Crippen LogP contribution in [-0.2, 0) is 12.0 Å². The van der Waals surface area contributed by atoms with E-state index in [0.29, 0.717) is 24.6 Å². The molecular weight excluding hydrogens is 474 g/mol. The van der Waals surface area contributed by atoms with Gasteiger partial charge in [-0.3, -0.25) is 10.1 Å². The van der Waals surface area contributed by atoms with Gasteiger partial charge in [0.1, 0.15) is 5.82 Å². The quantitative estimate of drug-likeness (QED) is 0.198. The van der Waals surface area contributed by atoms with Crippen LogP contribution in [0.15, 0.2) is 53.5 Å². The Morgan fingerprint density at radius 1 is 1.18 bits per heavy atom. The summed E-state index contributed by atoms with van der Waals surface area (Å²) in [5.41, 5.74) is 1.13. The maximum absolute atomic E-state index is 14.1. The number of nitro benzene ring substituents is 1. The van der Waals surface area contributed by atoms with Crippen molar-refractivity contribution in [2.24, 2.45) is 4.99 Å². The van der Waals surface area contributed by atoms with Gasteiger partial charge in [0, 0.05) is 24.6 Å². The predicted octanol–water partition coefficient (Wildman–Crippen LogP) is 4.14. The number of nitro groups is 1. The van der Waals surface area contributed by atoms with Crippen molar-refractivity contribution in [3.63, 3.8) is 0 Å². The summed E-state index contributed by atoms with van der Waals surface area (Å²) in [5, 5.41) is 17.6. The molecule has 0 aliphatic heterocycles. The van der Waals surface area contributed by atoms with Crippen LogP contribution in [-0.4, -0.2) is 24.0 Å². The second-order valence-corrected chi connectivity index (χ2v) is 6.69. The molecule has 2 aromatic carbocycles. The van der Waals surface area contributed by atoms with Gasteiger partial charge in [-0.1, -0.05) is 36.4 Å². The Kier molecular flexibility index (Phi) is 7.73. The molecule has 1 saturated carbocycles. The Labute approximate surface area is 180 Å². The fourth-order valence-electron chi connectivity index (χ4n) is 3.17. The van der Waals surface area contributed by atoms with Crippen molar-refractivity contribution in [1.82, 2.24) is 10.6 Å². The van der Waals surface area contributed by atoms with Gasteiger partial charge in [-0.2, -0.15) is 0 Å². The number of nitrogens with zero attached hydrogens (tertiary/aromatic N) is 2. The van der Waals surface area contributed by atoms with Crippen LogP contribution >= 0.6 is 24.0 Å². The molecule has 1 fully saturated rings. The summed E-state index contributed by atoms with van der Waals surface area (Å²) in [6.07, 6.45) is 1.84. The molecule has 0 spiro atoms. The van der Waals surface area contributed by atoms with Crippen molar-refractivity contribution in [3.8, 4) is 0 Å². The van der Waals surface area contributed by atoms with Gasteiger partial charge < -0.3 is 10.6 Å². The molecule has 2 N–H and O–H groups in total. The van der Waals surface area contributed by atoms with Gasteiger partial charge in [-0.15, -0.1) is 24.0 Å². The van der Waals surface area contributed by atoms with Gasteiger partial charge >= 0.3 is 0 Å². The lowest BCUT2D eigenvalue weighted by molar-refractivity contribution is -0.385. The number of hydrogen-bond acceptors (Lipinski definition) is 3. The van der Waals surface area contributed by atoms with Crippen molar-refractivity contribution in [2.75, 3.05) is 13.1 Å². The predicted molar refractivity (Wildman–Crippen MR) is 119 cm³/mol. The van der Waals surface area contributed by atoms with Crippen molar-refractivity contribution >= 4 is 35.6 Å². The summed E-state index contributed by atoms with van der Waals surface area (Å²) in [5.74, 6) is 0.386. The zero-order valence-corrected chi connectivity index (χ0v) is 18.0. The van der Waals surface area contributed by atoms with Crippen molar-refractivity contribution in [3.05, 3.63) is 75.6 Å². The summed E-state index contributed by atoms with van der Waals surface area (Å²) in [7, 11) is 0. The van der Waals surface area contributed by atoms with Crippen LogP contribution in [0, 0.1) is 15.9 Å². The van der Waals surface area contributed by atoms with E-state index in [1.807, 2.05) is 19.1 Å². The fourth-order valence-corrected chi connectivity index (χ4v) is 3.17. The minimum atomic E-state index is -0.400. The lowest BCUT2D eigenvalue weighted by Crippen LogP contribution is -2.41. The molecule has 0 amide bonds. The number of guanidine groups is 1. The van der Waals surface area contributed by atoms with Crippen molar-refractivity contribution in [2.45, 2.75) is 31.7 Å². The van der Waals surface area contributed by atoms with Gasteiger partial charge in [-0.25, -0.2) is 9.38 Å². The third kappa shape index (κ3) is 5.18. The van der Waals surface area contributed by atoms with E-state index < -0.39 is 4.92 Å². The zero-order chi connectivity index (χ0) is 19.3. The molecule has 28 heavy (non-hydrogen) atoms. The van der Waals surface area contributed by atoms with Crippen LogP contribution in [0.1, 0.15) is 30.9 Å². The molecule has 0 bridgehead atoms. The molecule has 6 nitrogen and oxygen atoms in total. The van der Waals surface area contributed by atoms with Crippen LogP contribution < -0.4 is 10.6 Å². The van der Waals surface area contributed by atoms with Crippen LogP contribution in [0.4, 0.5) is 10.1 Å². The highest BCUT2D eigenvalue weighted by atomic mass is 127. The SMILES string of the molecule is CCNC(=NCc1ccccc1[N+](=O)[O-])NCC1(c2ccccc2F)CC1.I. The largest absolute Gasteiger partial charge is 0.357 e. The minimum absolute atomic E-state index is 0. The standard InChI is InChI=1S/C20H23FN4O2.HI/c1-2-22-19(23-13-15-7-3-6-10-18(15)25(26)27)24-14-20(11-12-20)16-8-4-5-9-17(16)21;/h3-10H,2,11-14H2,1H3,(H2,22,23,24);1H. The monoisotopic (exact) mass is 498 g/mol. The summed E-state index contributed by atoms with van der Waals surface area (Å²) < 4.78 is 14.1. The molecule has 0 saturated heterocycles. The van der Waals surface area contributed by atoms with E-state index >= 15 is 0 Å². The molecule has 1 aliphatic rings. The normalized spacial score (nSPS) is 14.7. The van der Waals surface area contributed by atoms with E-state index in [0.717, 1.165) is 18.4 Å². The number of hydrogen-bond donors (Lipinski definition) is 2. The average molecular weight is 498 g/mol. The number of aliphatic imine (C=N–C) groups is 1. The maximum Gasteiger partial charge on any atom is 0.274 e. The molecule has 8 heteroatoms. The first kappa shape index (κ1) is 22.1. The topological polar surface area (TPSA) is 79.6 Å². The number of rotatable bonds is 7. The lowest BCUT2D eigenvalue weighted by Gasteiger charge is -2.19. The third-order valence-corrected chi connectivity index (χ3v) is 4.83. The highest BCUT2D eigenvalue weighted by Crippen LogP contribution is 2.48. The third-order valence-electron chi connectivity index (χ3n) is 4.83. The first-order chi connectivity index (χ1) is 13.1. The van der Waals surface area contributed by atoms with E-state index in [9.17, 15) is 14.5 Å².